The summed E-state index contributed by atoms with van der Waals surface area (Å²) < 4.78 is 116. The third-order valence-corrected chi connectivity index (χ3v) is 7.68. The molecule has 1 heterocycles. The maximum atomic E-state index is 9.27. The topological polar surface area (TPSA) is 17.8 Å². The maximum absolute atomic E-state index is 9.27. The fourth-order valence-corrected chi connectivity index (χ4v) is 5.81. The highest BCUT2D eigenvalue weighted by atomic mass is 15.1. The van der Waals surface area contributed by atoms with Gasteiger partial charge in [0.25, 0.3) is 0 Å². The minimum Gasteiger partial charge on any atom is -0.296 e. The summed E-state index contributed by atoms with van der Waals surface area (Å²) in [6, 6.07) is 14.8. The maximum Gasteiger partial charge on any atom is 0.114 e. The molecule has 0 aliphatic carbocycles. The summed E-state index contributed by atoms with van der Waals surface area (Å²) in [4.78, 5) is 4.78. The number of para-hydroxylation sites is 2. The Labute approximate surface area is 269 Å². The Morgan fingerprint density at radius 3 is 1.79 bits per heavy atom. The van der Waals surface area contributed by atoms with Crippen LogP contribution in [0.1, 0.15) is 30.6 Å². The summed E-state index contributed by atoms with van der Waals surface area (Å²) in [6.07, 6.45) is 0.650. The van der Waals surface area contributed by atoms with Gasteiger partial charge in [-0.2, -0.15) is 0 Å². The van der Waals surface area contributed by atoms with Crippen LogP contribution in [0.4, 0.5) is 0 Å². The van der Waals surface area contributed by atoms with Gasteiger partial charge in [-0.05, 0) is 85.3 Å². The van der Waals surface area contributed by atoms with Crippen LogP contribution in [-0.4, -0.2) is 9.55 Å². The van der Waals surface area contributed by atoms with Crippen molar-refractivity contribution in [1.29, 1.82) is 0 Å². The van der Waals surface area contributed by atoms with Crippen molar-refractivity contribution in [2.75, 3.05) is 0 Å². The molecule has 0 atom stereocenters. The van der Waals surface area contributed by atoms with Crippen molar-refractivity contribution in [2.24, 2.45) is 0 Å². The quantitative estimate of drug-likeness (QED) is 0.190. The average molecular weight is 564 g/mol. The van der Waals surface area contributed by atoms with Gasteiger partial charge in [0.05, 0.1) is 28.9 Å². The van der Waals surface area contributed by atoms with Crippen molar-refractivity contribution >= 4 is 32.6 Å². The second-order valence-electron chi connectivity index (χ2n) is 10.1. The van der Waals surface area contributed by atoms with Crippen molar-refractivity contribution in [3.05, 3.63) is 157 Å². The van der Waals surface area contributed by atoms with E-state index in [4.69, 9.17) is 17.3 Å². The van der Waals surface area contributed by atoms with E-state index in [0.717, 1.165) is 22.5 Å². The highest BCUT2D eigenvalue weighted by molar-refractivity contribution is 6.21. The van der Waals surface area contributed by atoms with E-state index in [1.165, 1.54) is 6.07 Å². The Hall–Kier alpha value is -5.47. The first-order chi connectivity index (χ1) is 26.7. The molecule has 8 rings (SSSR count). The van der Waals surface area contributed by atoms with Crippen LogP contribution in [0.3, 0.4) is 0 Å². The van der Waals surface area contributed by atoms with Gasteiger partial charge in [0.2, 0.25) is 0 Å². The second-order valence-corrected chi connectivity index (χ2v) is 10.1. The Morgan fingerprint density at radius 2 is 1.14 bits per heavy atom. The fourth-order valence-electron chi connectivity index (χ4n) is 5.81. The minimum atomic E-state index is -0.559. The molecule has 1 aromatic heterocycles. The van der Waals surface area contributed by atoms with Gasteiger partial charge >= 0.3 is 0 Å². The molecule has 2 heteroatoms. The zero-order valence-corrected chi connectivity index (χ0v) is 23.0. The molecule has 0 bridgehead atoms. The third kappa shape index (κ3) is 4.23. The number of benzene rings is 7. The number of fused-ring (bicyclic) bond motifs is 3. The zero-order chi connectivity index (χ0) is 40.1. The third-order valence-electron chi connectivity index (χ3n) is 7.68. The molecule has 0 fully saturated rings. The van der Waals surface area contributed by atoms with Crippen molar-refractivity contribution in [1.82, 2.24) is 9.55 Å². The fraction of sp³-hybridized carbons (Fsp3) is 0.0488. The average Bonchev–Trinajstić information content (AvgIpc) is 3.60. The van der Waals surface area contributed by atoms with Crippen LogP contribution >= 0.6 is 0 Å². The molecular weight excluding hydrogens is 520 g/mol. The first-order valence-corrected chi connectivity index (χ1v) is 13.9. The summed E-state index contributed by atoms with van der Waals surface area (Å²) in [6.45, 7) is 2.01. The van der Waals surface area contributed by atoms with E-state index in [1.54, 1.807) is 30.3 Å². The summed E-state index contributed by atoms with van der Waals surface area (Å²) in [5, 5.41) is 0.0676. The van der Waals surface area contributed by atoms with Crippen LogP contribution < -0.4 is 0 Å². The molecule has 0 radical (unpaired) electrons. The lowest BCUT2D eigenvalue weighted by molar-refractivity contribution is 0.908. The van der Waals surface area contributed by atoms with Crippen LogP contribution in [-0.2, 0) is 6.42 Å². The molecule has 0 aliphatic heterocycles. The van der Waals surface area contributed by atoms with Crippen molar-refractivity contribution in [2.45, 2.75) is 13.3 Å². The molecule has 7 aromatic carbocycles. The summed E-state index contributed by atoms with van der Waals surface area (Å²) >= 11 is 0. The van der Waals surface area contributed by atoms with E-state index in [1.807, 2.05) is 47.9 Å². The molecule has 0 saturated carbocycles. The summed E-state index contributed by atoms with van der Waals surface area (Å²) in [5.41, 5.74) is 3.58. The molecule has 8 aromatic rings. The molecule has 2 nitrogen and oxygen atoms in total. The van der Waals surface area contributed by atoms with Crippen LogP contribution in [0.25, 0.3) is 71.6 Å². The number of aryl methyl sites for hydroxylation is 1. The predicted octanol–water partition coefficient (Wildman–Crippen LogP) is 10.9. The molecule has 0 unspecified atom stereocenters. The smallest absolute Gasteiger partial charge is 0.114 e. The van der Waals surface area contributed by atoms with Crippen molar-refractivity contribution < 1.29 is 17.8 Å². The molecule has 0 aliphatic rings. The molecule has 0 N–H and O–H groups in total. The molecule has 43 heavy (non-hydrogen) atoms. The van der Waals surface area contributed by atoms with Gasteiger partial charge in [0.15, 0.2) is 0 Å². The van der Waals surface area contributed by atoms with E-state index in [0.29, 0.717) is 12.0 Å². The van der Waals surface area contributed by atoms with E-state index in [9.17, 15) is 5.48 Å². The standard InChI is InChI=1S/C41H30N2/c1-2-39-42-37-21-10-11-22-38(37)43(39)32-25-23-29(24-26-32)40-33-17-6-8-19-35(33)41(36-20-9-7-18-34(36)40)31-16-12-15-30(27-31)28-13-4-3-5-14-28/h3-27H,2H2,1H3/i3D,4D,5D,6D,7D,8D,9D,13D,14D,17D,18D,19D,20D. The number of imidazole rings is 1. The SMILES string of the molecule is [2H]c1c([2H])c([2H])c(-c2cccc(-c3c4c([2H])c([2H])c([2H])c([2H])c4c(-c4ccc(-n5c(CC)nc6ccccc65)cc4)c4c([2H])c([2H])c([2H])c([2H])c34)c2)c([2H])c1[2H]. The summed E-state index contributed by atoms with van der Waals surface area (Å²) in [7, 11) is 0. The lowest BCUT2D eigenvalue weighted by atomic mass is 9.85. The number of nitrogens with zero attached hydrogens (tertiary/aromatic N) is 2. The number of hydrogen-bond acceptors (Lipinski definition) is 1. The first-order valence-electron chi connectivity index (χ1n) is 20.4. The van der Waals surface area contributed by atoms with E-state index in [2.05, 4.69) is 0 Å². The predicted molar refractivity (Wildman–Crippen MR) is 182 cm³/mol. The molecule has 0 spiro atoms. The first kappa shape index (κ1) is 15.1. The molecule has 0 amide bonds. The lowest BCUT2D eigenvalue weighted by Crippen LogP contribution is -2.00. The van der Waals surface area contributed by atoms with Crippen LogP contribution in [0.2, 0.25) is 0 Å². The minimum absolute atomic E-state index is 0.000286. The highest BCUT2D eigenvalue weighted by Gasteiger charge is 2.17. The van der Waals surface area contributed by atoms with Crippen molar-refractivity contribution in [3.8, 4) is 39.1 Å². The van der Waals surface area contributed by atoms with Crippen LogP contribution in [0.5, 0.6) is 0 Å². The van der Waals surface area contributed by atoms with E-state index in [-0.39, 0.29) is 49.4 Å². The largest absolute Gasteiger partial charge is 0.296 e. The Balaban J connectivity index is 1.51. The Bertz CT molecular complexity index is 2880. The van der Waals surface area contributed by atoms with Crippen molar-refractivity contribution in [3.63, 3.8) is 0 Å². The molecule has 204 valence electrons. The van der Waals surface area contributed by atoms with Gasteiger partial charge in [-0.1, -0.05) is 128 Å². The number of hydrogen-bond donors (Lipinski definition) is 0. The van der Waals surface area contributed by atoms with E-state index >= 15 is 0 Å². The normalized spacial score (nSPS) is 15.7. The van der Waals surface area contributed by atoms with Gasteiger partial charge in [-0.25, -0.2) is 4.98 Å². The monoisotopic (exact) mass is 563 g/mol. The van der Waals surface area contributed by atoms with Gasteiger partial charge in [-0.15, -0.1) is 0 Å². The van der Waals surface area contributed by atoms with E-state index < -0.39 is 78.6 Å². The number of rotatable bonds is 5. The molecule has 0 saturated heterocycles. The van der Waals surface area contributed by atoms with Gasteiger partial charge < -0.3 is 0 Å². The second kappa shape index (κ2) is 10.4. The highest BCUT2D eigenvalue weighted by Crippen LogP contribution is 2.44. The van der Waals surface area contributed by atoms with Gasteiger partial charge in [0, 0.05) is 12.1 Å². The van der Waals surface area contributed by atoms with Gasteiger partial charge in [-0.3, -0.25) is 4.57 Å². The van der Waals surface area contributed by atoms with Gasteiger partial charge in [0.1, 0.15) is 5.82 Å². The Morgan fingerprint density at radius 1 is 0.558 bits per heavy atom. The van der Waals surface area contributed by atoms with Crippen LogP contribution in [0, 0.1) is 0 Å². The molecular formula is C41H30N2. The van der Waals surface area contributed by atoms with Crippen LogP contribution in [0.15, 0.2) is 151 Å². The summed E-state index contributed by atoms with van der Waals surface area (Å²) in [5.74, 6) is 0.827. The zero-order valence-electron chi connectivity index (χ0n) is 36.0. The lowest BCUT2D eigenvalue weighted by Gasteiger charge is -2.18. The Kier molecular flexibility index (Phi) is 3.67. The number of aromatic nitrogens is 2.